The minimum absolute atomic E-state index is 0.0216. The van der Waals surface area contributed by atoms with Gasteiger partial charge in [0.2, 0.25) is 5.95 Å². The van der Waals surface area contributed by atoms with E-state index in [1.54, 1.807) is 0 Å². The molecule has 1 heterocycles. The normalized spacial score (nSPS) is 10.8. The molecule has 2 N–H and O–H groups in total. The van der Waals surface area contributed by atoms with Crippen LogP contribution in [0.2, 0.25) is 0 Å². The summed E-state index contributed by atoms with van der Waals surface area (Å²) >= 11 is 5.35. The van der Waals surface area contributed by atoms with Crippen molar-refractivity contribution in [2.75, 3.05) is 5.73 Å². The fraction of sp³-hybridized carbons (Fsp3) is 0.286. The van der Waals surface area contributed by atoms with E-state index in [1.165, 1.54) is 0 Å². The van der Waals surface area contributed by atoms with Crippen LogP contribution in [0.4, 0.5) is 18.9 Å². The first-order valence-corrected chi connectivity index (χ1v) is 3.88. The minimum atomic E-state index is -2.95. The third-order valence-corrected chi connectivity index (χ3v) is 1.83. The fourth-order valence-corrected chi connectivity index (χ4v) is 1.22. The van der Waals surface area contributed by atoms with Gasteiger partial charge in [0.1, 0.15) is 0 Å². The topological polar surface area (TPSA) is 38.9 Å². The number of alkyl halides is 3. The van der Waals surface area contributed by atoms with Gasteiger partial charge in [-0.25, -0.2) is 13.8 Å². The molecule has 13 heavy (non-hydrogen) atoms. The monoisotopic (exact) mass is 210 g/mol. The summed E-state index contributed by atoms with van der Waals surface area (Å²) in [5.74, 6) is -1.48. The maximum atomic E-state index is 12.8. The molecule has 0 bridgehead atoms. The van der Waals surface area contributed by atoms with Crippen LogP contribution in [-0.2, 0) is 5.88 Å². The number of hydrogen-bond acceptors (Lipinski definition) is 2. The van der Waals surface area contributed by atoms with Crippen molar-refractivity contribution in [1.82, 2.24) is 4.98 Å². The molecular formula is C7H6ClF3N2. The molecule has 1 rings (SSSR count). The highest BCUT2D eigenvalue weighted by atomic mass is 35.5. The summed E-state index contributed by atoms with van der Waals surface area (Å²) in [7, 11) is 0. The number of nitrogens with two attached hydrogens (primary N) is 1. The zero-order valence-electron chi connectivity index (χ0n) is 6.40. The summed E-state index contributed by atoms with van der Waals surface area (Å²) in [5, 5.41) is 0. The lowest BCUT2D eigenvalue weighted by Crippen LogP contribution is -2.04. The van der Waals surface area contributed by atoms with Crippen LogP contribution in [0.3, 0.4) is 0 Å². The highest BCUT2D eigenvalue weighted by molar-refractivity contribution is 6.17. The lowest BCUT2D eigenvalue weighted by Gasteiger charge is -2.08. The summed E-state index contributed by atoms with van der Waals surface area (Å²) in [6, 6.07) is 0. The van der Waals surface area contributed by atoms with Crippen molar-refractivity contribution >= 4 is 17.3 Å². The lowest BCUT2D eigenvalue weighted by atomic mass is 10.1. The third-order valence-electron chi connectivity index (χ3n) is 1.56. The van der Waals surface area contributed by atoms with E-state index in [1.807, 2.05) is 0 Å². The maximum Gasteiger partial charge on any atom is 0.268 e. The summed E-state index contributed by atoms with van der Waals surface area (Å²) in [5.41, 5.74) is 4.37. The Hall–Kier alpha value is -0.970. The Bertz CT molecular complexity index is 317. The minimum Gasteiger partial charge on any atom is -0.397 e. The molecule has 0 unspecified atom stereocenters. The van der Waals surface area contributed by atoms with E-state index in [-0.39, 0.29) is 17.1 Å². The largest absolute Gasteiger partial charge is 0.397 e. The van der Waals surface area contributed by atoms with Gasteiger partial charge in [0.05, 0.1) is 23.3 Å². The predicted molar refractivity (Wildman–Crippen MR) is 43.1 cm³/mol. The average Bonchev–Trinajstić information content (AvgIpc) is 2.07. The Kier molecular flexibility index (Phi) is 2.98. The van der Waals surface area contributed by atoms with Gasteiger partial charge in [-0.05, 0) is 0 Å². The van der Waals surface area contributed by atoms with Gasteiger partial charge < -0.3 is 5.73 Å². The van der Waals surface area contributed by atoms with Gasteiger partial charge in [0.25, 0.3) is 6.43 Å². The number of nitrogens with zero attached hydrogens (tertiary/aromatic N) is 1. The van der Waals surface area contributed by atoms with E-state index in [4.69, 9.17) is 17.3 Å². The first kappa shape index (κ1) is 10.1. The van der Waals surface area contributed by atoms with E-state index in [0.29, 0.717) is 0 Å². The number of rotatable bonds is 2. The average molecular weight is 211 g/mol. The van der Waals surface area contributed by atoms with Crippen LogP contribution in [0.15, 0.2) is 6.20 Å². The van der Waals surface area contributed by atoms with Gasteiger partial charge in [-0.2, -0.15) is 4.39 Å². The molecule has 2 nitrogen and oxygen atoms in total. The SMILES string of the molecule is Nc1cnc(F)c(C(F)F)c1CCl. The molecule has 1 aromatic heterocycles. The van der Waals surface area contributed by atoms with Gasteiger partial charge in [-0.15, -0.1) is 11.6 Å². The molecule has 72 valence electrons. The van der Waals surface area contributed by atoms with Crippen molar-refractivity contribution in [2.24, 2.45) is 0 Å². The Balaban J connectivity index is 3.35. The maximum absolute atomic E-state index is 12.8. The molecule has 0 aliphatic heterocycles. The van der Waals surface area contributed by atoms with Crippen LogP contribution in [0.25, 0.3) is 0 Å². The van der Waals surface area contributed by atoms with Gasteiger partial charge >= 0.3 is 0 Å². The Morgan fingerprint density at radius 3 is 2.54 bits per heavy atom. The lowest BCUT2D eigenvalue weighted by molar-refractivity contribution is 0.144. The number of nitrogen functional groups attached to an aromatic ring is 1. The van der Waals surface area contributed by atoms with Crippen molar-refractivity contribution in [2.45, 2.75) is 12.3 Å². The number of anilines is 1. The molecule has 0 saturated carbocycles. The number of aromatic nitrogens is 1. The van der Waals surface area contributed by atoms with E-state index in [2.05, 4.69) is 4.98 Å². The van der Waals surface area contributed by atoms with Crippen molar-refractivity contribution in [1.29, 1.82) is 0 Å². The van der Waals surface area contributed by atoms with Crippen LogP contribution in [0.5, 0.6) is 0 Å². The highest BCUT2D eigenvalue weighted by Crippen LogP contribution is 2.29. The first-order chi connectivity index (χ1) is 6.07. The van der Waals surface area contributed by atoms with Crippen LogP contribution < -0.4 is 5.73 Å². The molecule has 0 atom stereocenters. The second-order valence-corrected chi connectivity index (χ2v) is 2.60. The second-order valence-electron chi connectivity index (χ2n) is 2.33. The van der Waals surface area contributed by atoms with Crippen LogP contribution in [0, 0.1) is 5.95 Å². The zero-order chi connectivity index (χ0) is 10.0. The molecule has 6 heteroatoms. The third kappa shape index (κ3) is 1.85. The molecule has 0 fully saturated rings. The van der Waals surface area contributed by atoms with Gasteiger partial charge in [-0.3, -0.25) is 0 Å². The van der Waals surface area contributed by atoms with E-state index >= 15 is 0 Å². The van der Waals surface area contributed by atoms with Crippen LogP contribution >= 0.6 is 11.6 Å². The van der Waals surface area contributed by atoms with Crippen LogP contribution in [0.1, 0.15) is 17.6 Å². The first-order valence-electron chi connectivity index (χ1n) is 3.34. The van der Waals surface area contributed by atoms with E-state index < -0.39 is 17.9 Å². The quantitative estimate of drug-likeness (QED) is 0.602. The zero-order valence-corrected chi connectivity index (χ0v) is 7.15. The molecule has 0 saturated heterocycles. The van der Waals surface area contributed by atoms with E-state index in [0.717, 1.165) is 6.20 Å². The summed E-state index contributed by atoms with van der Waals surface area (Å²) in [6.07, 6.45) is -1.98. The number of halogens is 4. The summed E-state index contributed by atoms with van der Waals surface area (Å²) in [6.45, 7) is 0. The smallest absolute Gasteiger partial charge is 0.268 e. The Morgan fingerprint density at radius 1 is 1.54 bits per heavy atom. The molecule has 0 aromatic carbocycles. The Morgan fingerprint density at radius 2 is 2.15 bits per heavy atom. The molecule has 0 aliphatic rings. The second kappa shape index (κ2) is 3.83. The highest BCUT2D eigenvalue weighted by Gasteiger charge is 2.20. The van der Waals surface area contributed by atoms with E-state index in [9.17, 15) is 13.2 Å². The van der Waals surface area contributed by atoms with Crippen molar-refractivity contribution in [3.05, 3.63) is 23.3 Å². The van der Waals surface area contributed by atoms with Gasteiger partial charge in [0, 0.05) is 5.56 Å². The van der Waals surface area contributed by atoms with Crippen molar-refractivity contribution in [3.8, 4) is 0 Å². The van der Waals surface area contributed by atoms with Gasteiger partial charge in [-0.1, -0.05) is 0 Å². The molecule has 0 radical (unpaired) electrons. The Labute approximate surface area is 77.5 Å². The number of hydrogen-bond donors (Lipinski definition) is 1. The predicted octanol–water partition coefficient (Wildman–Crippen LogP) is 2.48. The van der Waals surface area contributed by atoms with Crippen molar-refractivity contribution < 1.29 is 13.2 Å². The van der Waals surface area contributed by atoms with Crippen molar-refractivity contribution in [3.63, 3.8) is 0 Å². The molecular weight excluding hydrogens is 205 g/mol. The molecule has 0 amide bonds. The molecule has 0 spiro atoms. The standard InChI is InChI=1S/C7H6ClF3N2/c8-1-3-4(12)2-13-7(11)5(3)6(9)10/h2,6H,1,12H2. The fourth-order valence-electron chi connectivity index (χ4n) is 0.925. The number of pyridine rings is 1. The molecule has 1 aromatic rings. The van der Waals surface area contributed by atoms with Gasteiger partial charge in [0.15, 0.2) is 0 Å². The summed E-state index contributed by atoms with van der Waals surface area (Å²) in [4.78, 5) is 3.08. The molecule has 0 aliphatic carbocycles. The van der Waals surface area contributed by atoms with Crippen LogP contribution in [-0.4, -0.2) is 4.98 Å². The summed E-state index contributed by atoms with van der Waals surface area (Å²) < 4.78 is 37.3.